The number of carbonyl (C=O) groups is 1. The summed E-state index contributed by atoms with van der Waals surface area (Å²) in [5.41, 5.74) is 5.89. The fraction of sp³-hybridized carbons (Fsp3) is 0.310. The predicted octanol–water partition coefficient (Wildman–Crippen LogP) is 4.87. The second-order valence-corrected chi connectivity index (χ2v) is 11.7. The van der Waals surface area contributed by atoms with Gasteiger partial charge in [0, 0.05) is 54.2 Å². The standard InChI is InChI=1S/C29H27N7O3S2.ClH/c37-29(35-7-9-38-10-8-35)39-23-12-20(30-14-23)1-3-24-13-25-27(41-24)28(32-17-31-25)34-21-2-4-26-19(11-21)5-6-36(26)15-22-16-40-18-33-22;/h2,4-6,11,13,16-18,20,23,30H,7-10,12,14-15H2,(H,31,32,34);1H/t20-,23-;/m1./s1. The molecule has 7 rings (SSSR count). The predicted molar refractivity (Wildman–Crippen MR) is 167 cm³/mol. The average Bonchev–Trinajstić information content (AvgIpc) is 3.81. The normalized spacial score (nSPS) is 18.4. The first-order valence-electron chi connectivity index (χ1n) is 13.4. The van der Waals surface area contributed by atoms with Gasteiger partial charge in [-0.25, -0.2) is 19.7 Å². The van der Waals surface area contributed by atoms with Gasteiger partial charge in [0.25, 0.3) is 0 Å². The molecule has 0 unspecified atom stereocenters. The molecule has 10 nitrogen and oxygen atoms in total. The van der Waals surface area contributed by atoms with Gasteiger partial charge in [0.05, 0.1) is 52.1 Å². The Morgan fingerprint density at radius 2 is 2.10 bits per heavy atom. The molecule has 0 aliphatic carbocycles. The summed E-state index contributed by atoms with van der Waals surface area (Å²) in [6.45, 7) is 3.61. The molecule has 42 heavy (non-hydrogen) atoms. The number of fused-ring (bicyclic) bond motifs is 2. The molecular weight excluding hydrogens is 594 g/mol. The number of halogens is 1. The van der Waals surface area contributed by atoms with E-state index in [9.17, 15) is 4.79 Å². The second kappa shape index (κ2) is 12.6. The van der Waals surface area contributed by atoms with Crippen LogP contribution >= 0.6 is 35.1 Å². The fourth-order valence-corrected chi connectivity index (χ4v) is 6.54. The van der Waals surface area contributed by atoms with Crippen molar-refractivity contribution in [1.82, 2.24) is 29.7 Å². The number of ether oxygens (including phenoxy) is 2. The van der Waals surface area contributed by atoms with Gasteiger partial charge in [-0.1, -0.05) is 11.8 Å². The van der Waals surface area contributed by atoms with Crippen LogP contribution in [0.5, 0.6) is 0 Å². The zero-order valence-corrected chi connectivity index (χ0v) is 24.9. The summed E-state index contributed by atoms with van der Waals surface area (Å²) < 4.78 is 14.1. The Morgan fingerprint density at radius 3 is 2.95 bits per heavy atom. The van der Waals surface area contributed by atoms with E-state index >= 15 is 0 Å². The number of aromatic nitrogens is 4. The maximum atomic E-state index is 12.4. The van der Waals surface area contributed by atoms with Crippen molar-refractivity contribution in [2.75, 3.05) is 38.2 Å². The topological polar surface area (TPSA) is 106 Å². The van der Waals surface area contributed by atoms with Crippen molar-refractivity contribution >= 4 is 73.8 Å². The highest BCUT2D eigenvalue weighted by Crippen LogP contribution is 2.31. The molecule has 2 aliphatic heterocycles. The highest BCUT2D eigenvalue weighted by atomic mass is 35.5. The maximum absolute atomic E-state index is 12.4. The molecule has 1 aromatic carbocycles. The lowest BCUT2D eigenvalue weighted by molar-refractivity contribution is 0.0156. The Morgan fingerprint density at radius 1 is 1.19 bits per heavy atom. The molecule has 6 heterocycles. The summed E-state index contributed by atoms with van der Waals surface area (Å²) >= 11 is 3.17. The van der Waals surface area contributed by atoms with E-state index in [2.05, 4.69) is 77.8 Å². The SMILES string of the molecule is Cl.O=C(O[C@H]1CN[C@H](C#Cc2cc3ncnc(Nc4ccc5c(ccn5Cc5cscn5)c4)c3s2)C1)N1CCOCC1. The summed E-state index contributed by atoms with van der Waals surface area (Å²) in [6, 6.07) is 10.4. The highest BCUT2D eigenvalue weighted by molar-refractivity contribution is 7.20. The van der Waals surface area contributed by atoms with Gasteiger partial charge in [0.2, 0.25) is 0 Å². The van der Waals surface area contributed by atoms with Gasteiger partial charge in [-0.15, -0.1) is 35.1 Å². The number of anilines is 2. The van der Waals surface area contributed by atoms with Crippen LogP contribution in [0.4, 0.5) is 16.3 Å². The molecule has 1 amide bonds. The van der Waals surface area contributed by atoms with E-state index in [1.807, 2.05) is 11.6 Å². The highest BCUT2D eigenvalue weighted by Gasteiger charge is 2.28. The van der Waals surface area contributed by atoms with Crippen LogP contribution in [0.25, 0.3) is 21.1 Å². The quantitative estimate of drug-likeness (QED) is 0.268. The lowest BCUT2D eigenvalue weighted by atomic mass is 10.2. The third-order valence-corrected chi connectivity index (χ3v) is 8.84. The van der Waals surface area contributed by atoms with Crippen LogP contribution in [0.1, 0.15) is 17.0 Å². The number of thiazole rings is 1. The monoisotopic (exact) mass is 621 g/mol. The van der Waals surface area contributed by atoms with E-state index in [-0.39, 0.29) is 30.6 Å². The molecule has 4 aromatic heterocycles. The molecule has 5 aromatic rings. The molecule has 0 spiro atoms. The van der Waals surface area contributed by atoms with Gasteiger partial charge in [-0.05, 0) is 30.3 Å². The Bertz CT molecular complexity index is 1760. The van der Waals surface area contributed by atoms with Crippen LogP contribution in [0.3, 0.4) is 0 Å². The van der Waals surface area contributed by atoms with Gasteiger partial charge < -0.3 is 24.3 Å². The van der Waals surface area contributed by atoms with Crippen molar-refractivity contribution in [2.24, 2.45) is 0 Å². The molecule has 13 heteroatoms. The number of hydrogen-bond donors (Lipinski definition) is 2. The van der Waals surface area contributed by atoms with Gasteiger partial charge in [0.15, 0.2) is 5.82 Å². The van der Waals surface area contributed by atoms with Crippen LogP contribution in [0.2, 0.25) is 0 Å². The largest absolute Gasteiger partial charge is 0.445 e. The van der Waals surface area contributed by atoms with Crippen molar-refractivity contribution < 1.29 is 14.3 Å². The molecular formula is C29H28ClN7O3S2. The first kappa shape index (κ1) is 28.4. The number of benzene rings is 1. The fourth-order valence-electron chi connectivity index (χ4n) is 5.07. The van der Waals surface area contributed by atoms with Crippen molar-refractivity contribution in [1.29, 1.82) is 0 Å². The van der Waals surface area contributed by atoms with E-state index in [1.165, 1.54) is 0 Å². The minimum atomic E-state index is -0.274. The number of carbonyl (C=O) groups excluding carboxylic acids is 1. The summed E-state index contributed by atoms with van der Waals surface area (Å²) in [5.74, 6) is 7.34. The van der Waals surface area contributed by atoms with E-state index in [4.69, 9.17) is 9.47 Å². The summed E-state index contributed by atoms with van der Waals surface area (Å²) in [6.07, 6.45) is 3.87. The first-order chi connectivity index (χ1) is 20.2. The van der Waals surface area contributed by atoms with Crippen LogP contribution in [0, 0.1) is 11.8 Å². The summed E-state index contributed by atoms with van der Waals surface area (Å²) in [7, 11) is 0. The zero-order valence-electron chi connectivity index (χ0n) is 22.5. The number of hydrogen-bond acceptors (Lipinski definition) is 10. The van der Waals surface area contributed by atoms with E-state index in [1.54, 1.807) is 33.9 Å². The minimum absolute atomic E-state index is 0. The van der Waals surface area contributed by atoms with Crippen molar-refractivity contribution in [3.63, 3.8) is 0 Å². The lowest BCUT2D eigenvalue weighted by Gasteiger charge is -2.27. The average molecular weight is 622 g/mol. The van der Waals surface area contributed by atoms with E-state index in [0.29, 0.717) is 39.3 Å². The number of rotatable bonds is 5. The number of thiophene rings is 1. The van der Waals surface area contributed by atoms with Crippen molar-refractivity contribution in [3.05, 3.63) is 64.3 Å². The van der Waals surface area contributed by atoms with Gasteiger partial charge >= 0.3 is 6.09 Å². The van der Waals surface area contributed by atoms with Gasteiger partial charge in [-0.2, -0.15) is 0 Å². The Hall–Kier alpha value is -3.73. The van der Waals surface area contributed by atoms with Gasteiger partial charge in [-0.3, -0.25) is 5.32 Å². The Balaban J connectivity index is 0.00000316. The van der Waals surface area contributed by atoms with Crippen molar-refractivity contribution in [2.45, 2.75) is 25.1 Å². The van der Waals surface area contributed by atoms with Crippen LogP contribution in [-0.2, 0) is 16.0 Å². The third-order valence-electron chi connectivity index (χ3n) is 7.16. The number of amides is 1. The number of nitrogens with one attached hydrogen (secondary N) is 2. The molecule has 0 radical (unpaired) electrons. The molecule has 2 fully saturated rings. The van der Waals surface area contributed by atoms with Crippen molar-refractivity contribution in [3.8, 4) is 11.8 Å². The smallest absolute Gasteiger partial charge is 0.410 e. The number of morpholine rings is 1. The summed E-state index contributed by atoms with van der Waals surface area (Å²) in [5, 5.41) is 10.1. The molecule has 2 aliphatic rings. The minimum Gasteiger partial charge on any atom is -0.445 e. The number of nitrogens with zero attached hydrogens (tertiary/aromatic N) is 5. The lowest BCUT2D eigenvalue weighted by Crippen LogP contribution is -2.42. The molecule has 216 valence electrons. The molecule has 0 saturated carbocycles. The Labute approximate surface area is 256 Å². The molecule has 2 N–H and O–H groups in total. The van der Waals surface area contributed by atoms with Crippen LogP contribution in [0.15, 0.2) is 53.7 Å². The van der Waals surface area contributed by atoms with Crippen LogP contribution in [-0.4, -0.2) is 75.5 Å². The van der Waals surface area contributed by atoms with Crippen LogP contribution < -0.4 is 10.6 Å². The third kappa shape index (κ3) is 6.21. The molecule has 0 bridgehead atoms. The maximum Gasteiger partial charge on any atom is 0.410 e. The summed E-state index contributed by atoms with van der Waals surface area (Å²) in [4.78, 5) is 28.4. The Kier molecular flexibility index (Phi) is 8.55. The molecule has 2 atom stereocenters. The molecule has 2 saturated heterocycles. The second-order valence-electron chi connectivity index (χ2n) is 9.94. The van der Waals surface area contributed by atoms with E-state index in [0.717, 1.165) is 49.7 Å². The first-order valence-corrected chi connectivity index (χ1v) is 15.2. The van der Waals surface area contributed by atoms with Gasteiger partial charge in [0.1, 0.15) is 12.4 Å². The zero-order chi connectivity index (χ0) is 27.6. The van der Waals surface area contributed by atoms with E-state index < -0.39 is 0 Å².